The predicted octanol–water partition coefficient (Wildman–Crippen LogP) is 4.69. The molecule has 2 aromatic heterocycles. The Hall–Kier alpha value is -2.63. The molecule has 0 aliphatic carbocycles. The van der Waals surface area contributed by atoms with Gasteiger partial charge in [-0.1, -0.05) is 30.3 Å². The molecule has 0 unspecified atom stereocenters. The van der Waals surface area contributed by atoms with Crippen LogP contribution < -0.4 is 5.32 Å². The van der Waals surface area contributed by atoms with Crippen molar-refractivity contribution in [1.29, 1.82) is 0 Å². The Bertz CT molecular complexity index is 1160. The predicted molar refractivity (Wildman–Crippen MR) is 109 cm³/mol. The fourth-order valence-electron chi connectivity index (χ4n) is 3.97. The van der Waals surface area contributed by atoms with Crippen molar-refractivity contribution in [3.63, 3.8) is 0 Å². The third-order valence-corrected chi connectivity index (χ3v) is 6.54. The maximum absolute atomic E-state index is 12.7. The van der Waals surface area contributed by atoms with E-state index in [0.29, 0.717) is 11.5 Å². The zero-order chi connectivity index (χ0) is 18.4. The third kappa shape index (κ3) is 2.74. The lowest BCUT2D eigenvalue weighted by molar-refractivity contribution is 0.0478. The van der Waals surface area contributed by atoms with E-state index < -0.39 is 0 Å². The Kier molecular flexibility index (Phi) is 3.99. The molecule has 0 saturated heterocycles. The van der Waals surface area contributed by atoms with Gasteiger partial charge in [-0.25, -0.2) is 4.79 Å². The Labute approximate surface area is 161 Å². The van der Waals surface area contributed by atoms with Crippen LogP contribution in [0.3, 0.4) is 0 Å². The zero-order valence-corrected chi connectivity index (χ0v) is 15.9. The van der Waals surface area contributed by atoms with Crippen LogP contribution in [0.15, 0.2) is 42.5 Å². The van der Waals surface area contributed by atoms with E-state index in [0.717, 1.165) is 40.9 Å². The number of hydrogen-bond acceptors (Lipinski definition) is 4. The van der Waals surface area contributed by atoms with Gasteiger partial charge in [0.15, 0.2) is 0 Å². The fraction of sp³-hybridized carbons (Fsp3) is 0.227. The summed E-state index contributed by atoms with van der Waals surface area (Å²) in [6.45, 7) is 4.21. The Morgan fingerprint density at radius 3 is 2.85 bits per heavy atom. The molecule has 0 fully saturated rings. The van der Waals surface area contributed by atoms with Crippen molar-refractivity contribution in [2.24, 2.45) is 0 Å². The largest absolute Gasteiger partial charge is 0.457 e. The highest BCUT2D eigenvalue weighted by Gasteiger charge is 2.22. The topological polar surface area (TPSA) is 54.1 Å². The van der Waals surface area contributed by atoms with Gasteiger partial charge in [0.1, 0.15) is 11.5 Å². The van der Waals surface area contributed by atoms with Crippen LogP contribution in [0, 0.1) is 6.92 Å². The Morgan fingerprint density at radius 2 is 2.00 bits per heavy atom. The van der Waals surface area contributed by atoms with E-state index in [9.17, 15) is 4.79 Å². The molecule has 136 valence electrons. The number of ether oxygens (including phenoxy) is 1. The summed E-state index contributed by atoms with van der Waals surface area (Å²) in [5.74, 6) is -0.242. The average molecular weight is 376 g/mol. The molecule has 5 heteroatoms. The highest BCUT2D eigenvalue weighted by Crippen LogP contribution is 2.39. The quantitative estimate of drug-likeness (QED) is 0.510. The molecular weight excluding hydrogens is 356 g/mol. The molecule has 3 heterocycles. The summed E-state index contributed by atoms with van der Waals surface area (Å²) in [7, 11) is 0. The number of benzene rings is 2. The van der Waals surface area contributed by atoms with E-state index in [1.54, 1.807) is 0 Å². The lowest BCUT2D eigenvalue weighted by atomic mass is 10.0. The summed E-state index contributed by atoms with van der Waals surface area (Å²) >= 11 is 1.53. The normalized spacial score (nSPS) is 13.8. The number of rotatable bonds is 3. The Morgan fingerprint density at radius 1 is 1.15 bits per heavy atom. The maximum Gasteiger partial charge on any atom is 0.348 e. The van der Waals surface area contributed by atoms with Crippen LogP contribution >= 0.6 is 11.3 Å². The van der Waals surface area contributed by atoms with Gasteiger partial charge in [0, 0.05) is 46.2 Å². The maximum atomic E-state index is 12.7. The fourth-order valence-corrected chi connectivity index (χ4v) is 5.08. The number of hydrogen-bond donors (Lipinski definition) is 2. The SMILES string of the molecule is Cc1c(C(=O)OCc2ccccc2)sc2ccc3[nH]c4c(c3c12)CNCC4. The van der Waals surface area contributed by atoms with Crippen molar-refractivity contribution in [2.45, 2.75) is 26.5 Å². The average Bonchev–Trinajstić information content (AvgIpc) is 3.24. The monoisotopic (exact) mass is 376 g/mol. The molecule has 4 aromatic rings. The number of nitrogens with one attached hydrogen (secondary N) is 2. The van der Waals surface area contributed by atoms with Crippen LogP contribution in [0.2, 0.25) is 0 Å². The van der Waals surface area contributed by atoms with Gasteiger partial charge in [-0.05, 0) is 35.7 Å². The standard InChI is InChI=1S/C22H20N2O2S/c1-13-19-18(8-7-17-20(19)15-11-23-10-9-16(15)24-17)27-21(13)22(25)26-12-14-5-3-2-4-6-14/h2-8,23-24H,9-12H2,1H3. The number of aryl methyl sites for hydroxylation is 1. The van der Waals surface area contributed by atoms with E-state index in [-0.39, 0.29) is 5.97 Å². The van der Waals surface area contributed by atoms with E-state index >= 15 is 0 Å². The highest BCUT2D eigenvalue weighted by atomic mass is 32.1. The molecule has 0 atom stereocenters. The lowest BCUT2D eigenvalue weighted by Crippen LogP contribution is -2.22. The first-order chi connectivity index (χ1) is 13.2. The number of carbonyl (C=O) groups is 1. The summed E-state index contributed by atoms with van der Waals surface area (Å²) in [5.41, 5.74) is 5.83. The van der Waals surface area contributed by atoms with Crippen molar-refractivity contribution < 1.29 is 9.53 Å². The molecule has 1 aliphatic heterocycles. The minimum atomic E-state index is -0.242. The first-order valence-corrected chi connectivity index (χ1v) is 10.0. The van der Waals surface area contributed by atoms with Crippen LogP contribution in [0.4, 0.5) is 0 Å². The minimum absolute atomic E-state index is 0.242. The molecule has 5 rings (SSSR count). The minimum Gasteiger partial charge on any atom is -0.457 e. The van der Waals surface area contributed by atoms with Gasteiger partial charge < -0.3 is 15.0 Å². The number of H-pyrrole nitrogens is 1. The number of fused-ring (bicyclic) bond motifs is 5. The number of esters is 1. The summed E-state index contributed by atoms with van der Waals surface area (Å²) in [4.78, 5) is 17.0. The van der Waals surface area contributed by atoms with Gasteiger partial charge in [0.05, 0.1) is 0 Å². The molecule has 1 aliphatic rings. The smallest absolute Gasteiger partial charge is 0.348 e. The van der Waals surface area contributed by atoms with Crippen LogP contribution in [0.25, 0.3) is 21.0 Å². The molecule has 0 saturated carbocycles. The van der Waals surface area contributed by atoms with E-state index in [4.69, 9.17) is 4.74 Å². The van der Waals surface area contributed by atoms with E-state index in [1.165, 1.54) is 33.4 Å². The second kappa shape index (κ2) is 6.51. The molecule has 0 radical (unpaired) electrons. The van der Waals surface area contributed by atoms with Crippen molar-refractivity contribution in [1.82, 2.24) is 10.3 Å². The number of aromatic amines is 1. The molecular formula is C22H20N2O2S. The second-order valence-corrected chi connectivity index (χ2v) is 8.04. The molecule has 0 bridgehead atoms. The van der Waals surface area contributed by atoms with Crippen LogP contribution in [-0.4, -0.2) is 17.5 Å². The molecule has 27 heavy (non-hydrogen) atoms. The summed E-state index contributed by atoms with van der Waals surface area (Å²) in [6, 6.07) is 14.0. The molecule has 2 aromatic carbocycles. The molecule has 0 amide bonds. The van der Waals surface area contributed by atoms with Gasteiger partial charge in [-0.3, -0.25) is 0 Å². The number of carbonyl (C=O) groups excluding carboxylic acids is 1. The van der Waals surface area contributed by atoms with E-state index in [1.807, 2.05) is 37.3 Å². The van der Waals surface area contributed by atoms with Crippen molar-refractivity contribution in [3.8, 4) is 0 Å². The molecule has 4 nitrogen and oxygen atoms in total. The summed E-state index contributed by atoms with van der Waals surface area (Å²) in [5, 5.41) is 5.90. The first-order valence-electron chi connectivity index (χ1n) is 9.19. The van der Waals surface area contributed by atoms with Crippen LogP contribution in [0.5, 0.6) is 0 Å². The van der Waals surface area contributed by atoms with Crippen molar-refractivity contribution in [3.05, 3.63) is 69.7 Å². The zero-order valence-electron chi connectivity index (χ0n) is 15.1. The number of aromatic nitrogens is 1. The molecule has 2 N–H and O–H groups in total. The first kappa shape index (κ1) is 16.5. The highest BCUT2D eigenvalue weighted by molar-refractivity contribution is 7.21. The van der Waals surface area contributed by atoms with Crippen LogP contribution in [0.1, 0.15) is 32.1 Å². The molecule has 0 spiro atoms. The Balaban J connectivity index is 1.56. The van der Waals surface area contributed by atoms with Gasteiger partial charge >= 0.3 is 5.97 Å². The van der Waals surface area contributed by atoms with Gasteiger partial charge in [-0.2, -0.15) is 0 Å². The lowest BCUT2D eigenvalue weighted by Gasteiger charge is -2.13. The second-order valence-electron chi connectivity index (χ2n) is 6.99. The van der Waals surface area contributed by atoms with Gasteiger partial charge in [0.2, 0.25) is 0 Å². The third-order valence-electron chi connectivity index (χ3n) is 5.30. The summed E-state index contributed by atoms with van der Waals surface area (Å²) < 4.78 is 6.72. The van der Waals surface area contributed by atoms with Gasteiger partial charge in [-0.15, -0.1) is 11.3 Å². The van der Waals surface area contributed by atoms with Gasteiger partial charge in [0.25, 0.3) is 0 Å². The van der Waals surface area contributed by atoms with Crippen LogP contribution in [-0.2, 0) is 24.3 Å². The van der Waals surface area contributed by atoms with E-state index in [2.05, 4.69) is 22.4 Å². The van der Waals surface area contributed by atoms with Crippen molar-refractivity contribution in [2.75, 3.05) is 6.54 Å². The van der Waals surface area contributed by atoms with Crippen molar-refractivity contribution >= 4 is 38.3 Å². The number of thiophene rings is 1. The summed E-state index contributed by atoms with van der Waals surface area (Å²) in [6.07, 6.45) is 1.01.